The molecule has 0 atom stereocenters. The third-order valence-electron chi connectivity index (χ3n) is 3.77. The van der Waals surface area contributed by atoms with Gasteiger partial charge in [-0.1, -0.05) is 36.1 Å². The summed E-state index contributed by atoms with van der Waals surface area (Å²) in [5, 5.41) is 28.9. The molecule has 0 amide bonds. The highest BCUT2D eigenvalue weighted by molar-refractivity contribution is 5.10. The molecule has 2 aromatic rings. The maximum absolute atomic E-state index is 4.20. The lowest BCUT2D eigenvalue weighted by Gasteiger charge is -2.27. The molecule has 1 aliphatic rings. The van der Waals surface area contributed by atoms with E-state index in [0.717, 1.165) is 30.9 Å². The van der Waals surface area contributed by atoms with Gasteiger partial charge in [-0.15, -0.1) is 20.4 Å². The Bertz CT molecular complexity index is 454. The molecule has 0 radical (unpaired) electrons. The Balaban J connectivity index is 1.91. The third kappa shape index (κ3) is 2.09. The predicted octanol–water partition coefficient (Wildman–Crippen LogP) is 0.547. The van der Waals surface area contributed by atoms with Crippen molar-refractivity contribution >= 4 is 0 Å². The highest BCUT2D eigenvalue weighted by Gasteiger charge is 2.38. The molecule has 1 saturated carbocycles. The Morgan fingerprint density at radius 3 is 2.22 bits per heavy atom. The molecule has 3 rings (SSSR count). The summed E-state index contributed by atoms with van der Waals surface area (Å²) < 4.78 is 0. The van der Waals surface area contributed by atoms with Crippen LogP contribution in [-0.2, 0) is 11.8 Å². The molecule has 8 heteroatoms. The van der Waals surface area contributed by atoms with Crippen molar-refractivity contribution < 1.29 is 0 Å². The molecule has 96 valence electrons. The van der Waals surface area contributed by atoms with E-state index >= 15 is 0 Å². The number of rotatable bonds is 3. The summed E-state index contributed by atoms with van der Waals surface area (Å²) in [4.78, 5) is 0. The second-order valence-corrected chi connectivity index (χ2v) is 4.93. The highest BCUT2D eigenvalue weighted by Crippen LogP contribution is 2.38. The van der Waals surface area contributed by atoms with Crippen molar-refractivity contribution in [1.82, 2.24) is 41.2 Å². The highest BCUT2D eigenvalue weighted by atomic mass is 15.5. The number of hydrogen-bond acceptors (Lipinski definition) is 6. The second-order valence-electron chi connectivity index (χ2n) is 4.93. The molecule has 0 unspecified atom stereocenters. The van der Waals surface area contributed by atoms with E-state index in [1.54, 1.807) is 0 Å². The van der Waals surface area contributed by atoms with Crippen molar-refractivity contribution in [3.05, 3.63) is 11.6 Å². The van der Waals surface area contributed by atoms with Gasteiger partial charge in [0.05, 0.1) is 0 Å². The van der Waals surface area contributed by atoms with Crippen LogP contribution >= 0.6 is 0 Å². The van der Waals surface area contributed by atoms with E-state index < -0.39 is 0 Å². The first kappa shape index (κ1) is 11.2. The molecule has 0 aliphatic heterocycles. The van der Waals surface area contributed by atoms with Gasteiger partial charge in [0.2, 0.25) is 0 Å². The van der Waals surface area contributed by atoms with Crippen LogP contribution < -0.4 is 0 Å². The van der Waals surface area contributed by atoms with Crippen LogP contribution in [-0.4, -0.2) is 41.2 Å². The predicted molar refractivity (Wildman–Crippen MR) is 61.4 cm³/mol. The summed E-state index contributed by atoms with van der Waals surface area (Å²) in [6.07, 6.45) is 7.75. The molecule has 2 heterocycles. The number of H-pyrrole nitrogens is 2. The summed E-state index contributed by atoms with van der Waals surface area (Å²) >= 11 is 0. The van der Waals surface area contributed by atoms with Crippen molar-refractivity contribution in [1.29, 1.82) is 0 Å². The smallest absolute Gasteiger partial charge is 0.177 e. The average molecular weight is 248 g/mol. The second kappa shape index (κ2) is 4.79. The SMILES string of the molecule is C1CCCC(Cc2nn[nH]n2)(c2nn[nH]n2)CC1. The molecule has 0 bridgehead atoms. The quantitative estimate of drug-likeness (QED) is 0.767. The minimum atomic E-state index is -0.0899. The van der Waals surface area contributed by atoms with Crippen molar-refractivity contribution in [2.24, 2.45) is 0 Å². The van der Waals surface area contributed by atoms with Crippen LogP contribution in [0.4, 0.5) is 0 Å². The number of aromatic amines is 2. The summed E-state index contributed by atoms with van der Waals surface area (Å²) in [6, 6.07) is 0. The molecule has 0 aromatic carbocycles. The molecule has 1 aliphatic carbocycles. The van der Waals surface area contributed by atoms with Gasteiger partial charge in [-0.25, -0.2) is 0 Å². The first-order valence-corrected chi connectivity index (χ1v) is 6.35. The van der Waals surface area contributed by atoms with Gasteiger partial charge in [-0.3, -0.25) is 0 Å². The minimum Gasteiger partial charge on any atom is -0.177 e. The van der Waals surface area contributed by atoms with E-state index in [0.29, 0.717) is 0 Å². The number of aromatic nitrogens is 8. The van der Waals surface area contributed by atoms with Crippen molar-refractivity contribution in [3.8, 4) is 0 Å². The van der Waals surface area contributed by atoms with E-state index in [4.69, 9.17) is 0 Å². The van der Waals surface area contributed by atoms with Gasteiger partial charge in [0.1, 0.15) is 0 Å². The molecule has 18 heavy (non-hydrogen) atoms. The lowest BCUT2D eigenvalue weighted by Crippen LogP contribution is -2.30. The van der Waals surface area contributed by atoms with Gasteiger partial charge < -0.3 is 0 Å². The first-order chi connectivity index (χ1) is 8.89. The maximum Gasteiger partial charge on any atom is 0.181 e. The Morgan fingerprint density at radius 1 is 0.889 bits per heavy atom. The Hall–Kier alpha value is -1.86. The van der Waals surface area contributed by atoms with Crippen LogP contribution in [0.2, 0.25) is 0 Å². The fourth-order valence-corrected chi connectivity index (χ4v) is 2.83. The van der Waals surface area contributed by atoms with Crippen LogP contribution in [0.3, 0.4) is 0 Å². The van der Waals surface area contributed by atoms with E-state index in [-0.39, 0.29) is 5.41 Å². The lowest BCUT2D eigenvalue weighted by molar-refractivity contribution is 0.339. The molecule has 2 aromatic heterocycles. The van der Waals surface area contributed by atoms with Crippen molar-refractivity contribution in [2.75, 3.05) is 0 Å². The van der Waals surface area contributed by atoms with Gasteiger partial charge >= 0.3 is 0 Å². The lowest BCUT2D eigenvalue weighted by atomic mass is 9.76. The fourth-order valence-electron chi connectivity index (χ4n) is 2.83. The number of tetrazole rings is 2. The molecule has 2 N–H and O–H groups in total. The zero-order chi connectivity index (χ0) is 12.3. The van der Waals surface area contributed by atoms with E-state index in [1.807, 2.05) is 0 Å². The normalized spacial score (nSPS) is 19.6. The van der Waals surface area contributed by atoms with Crippen molar-refractivity contribution in [2.45, 2.75) is 50.4 Å². The molecule has 0 spiro atoms. The largest absolute Gasteiger partial charge is 0.181 e. The summed E-state index contributed by atoms with van der Waals surface area (Å²) in [5.74, 6) is 1.51. The zero-order valence-electron chi connectivity index (χ0n) is 10.1. The maximum atomic E-state index is 4.20. The Morgan fingerprint density at radius 2 is 1.61 bits per heavy atom. The standard InChI is InChI=1S/C10H16N8/c1-2-4-6-10(5-3-1,9-13-17-18-14-9)7-8-11-15-16-12-8/h1-7H2,(H,11,12,15,16)(H,13,14,17,18). The van der Waals surface area contributed by atoms with E-state index in [9.17, 15) is 0 Å². The monoisotopic (exact) mass is 248 g/mol. The summed E-state index contributed by atoms with van der Waals surface area (Å²) in [6.45, 7) is 0. The van der Waals surface area contributed by atoms with Gasteiger partial charge in [-0.2, -0.15) is 10.4 Å². The zero-order valence-corrected chi connectivity index (χ0v) is 10.1. The molecule has 8 nitrogen and oxygen atoms in total. The van der Waals surface area contributed by atoms with Gasteiger partial charge in [0.15, 0.2) is 11.6 Å². The number of nitrogens with one attached hydrogen (secondary N) is 2. The fraction of sp³-hybridized carbons (Fsp3) is 0.800. The Labute approximate surface area is 104 Å². The minimum absolute atomic E-state index is 0.0899. The van der Waals surface area contributed by atoms with Crippen LogP contribution in [0, 0.1) is 0 Å². The van der Waals surface area contributed by atoms with Crippen LogP contribution in [0.1, 0.15) is 50.2 Å². The Kier molecular flexibility index (Phi) is 2.99. The van der Waals surface area contributed by atoms with Gasteiger partial charge in [-0.05, 0) is 12.8 Å². The molecule has 1 fully saturated rings. The van der Waals surface area contributed by atoms with Crippen molar-refractivity contribution in [3.63, 3.8) is 0 Å². The van der Waals surface area contributed by atoms with Gasteiger partial charge in [0.25, 0.3) is 0 Å². The van der Waals surface area contributed by atoms with Crippen LogP contribution in [0.5, 0.6) is 0 Å². The number of hydrogen-bond donors (Lipinski definition) is 2. The first-order valence-electron chi connectivity index (χ1n) is 6.35. The third-order valence-corrected chi connectivity index (χ3v) is 3.77. The van der Waals surface area contributed by atoms with Crippen LogP contribution in [0.25, 0.3) is 0 Å². The average Bonchev–Trinajstić information content (AvgIpc) is 3.02. The van der Waals surface area contributed by atoms with E-state index in [1.165, 1.54) is 25.7 Å². The summed E-state index contributed by atoms with van der Waals surface area (Å²) in [7, 11) is 0. The topological polar surface area (TPSA) is 109 Å². The molecular weight excluding hydrogens is 232 g/mol. The summed E-state index contributed by atoms with van der Waals surface area (Å²) in [5.41, 5.74) is -0.0899. The van der Waals surface area contributed by atoms with E-state index in [2.05, 4.69) is 41.2 Å². The van der Waals surface area contributed by atoms with Crippen LogP contribution in [0.15, 0.2) is 0 Å². The number of nitrogens with zero attached hydrogens (tertiary/aromatic N) is 6. The van der Waals surface area contributed by atoms with Gasteiger partial charge in [0, 0.05) is 11.8 Å². The molecule has 0 saturated heterocycles. The molecular formula is C10H16N8.